The van der Waals surface area contributed by atoms with Gasteiger partial charge in [0.15, 0.2) is 0 Å². The first kappa shape index (κ1) is 10.6. The molecule has 3 nitrogen and oxygen atoms in total. The summed E-state index contributed by atoms with van der Waals surface area (Å²) in [6.45, 7) is 3.43. The molecule has 0 aromatic heterocycles. The Labute approximate surface area is 73.2 Å². The van der Waals surface area contributed by atoms with E-state index in [4.69, 9.17) is 5.11 Å². The second kappa shape index (κ2) is 6.30. The first-order chi connectivity index (χ1) is 5.16. The third-order valence-corrected chi connectivity index (χ3v) is 2.60. The lowest BCUT2D eigenvalue weighted by Crippen LogP contribution is -1.99. The molecule has 0 heterocycles. The molecule has 0 radical (unpaired) electrons. The number of rotatable bonds is 4. The zero-order valence-electron chi connectivity index (χ0n) is 5.78. The molecule has 0 aromatic carbocycles. The number of carbonyl (C=O) groups is 2. The Bertz CT molecular complexity index is 167. The van der Waals surface area contributed by atoms with Gasteiger partial charge in [0.25, 0.3) is 0 Å². The summed E-state index contributed by atoms with van der Waals surface area (Å²) in [6.07, 6.45) is 1.60. The Morgan fingerprint density at radius 3 is 2.55 bits per heavy atom. The van der Waals surface area contributed by atoms with Gasteiger partial charge in [-0.15, -0.1) is 6.58 Å². The summed E-state index contributed by atoms with van der Waals surface area (Å²) >= 11 is 1.86. The van der Waals surface area contributed by atoms with E-state index in [9.17, 15) is 9.59 Å². The zero-order valence-corrected chi connectivity index (χ0v) is 7.41. The maximum Gasteiger partial charge on any atom is 0.313 e. The molecule has 1 N–H and O–H groups in total. The van der Waals surface area contributed by atoms with Crippen LogP contribution in [0, 0.1) is 0 Å². The van der Waals surface area contributed by atoms with Crippen molar-refractivity contribution in [3.63, 3.8) is 0 Å². The minimum atomic E-state index is -0.970. The lowest BCUT2D eigenvalue weighted by atomic mass is 10.8. The van der Waals surface area contributed by atoms with E-state index in [1.807, 2.05) is 0 Å². The average molecular weight is 192 g/mol. The van der Waals surface area contributed by atoms with Crippen molar-refractivity contribution in [2.24, 2.45) is 0 Å². The van der Waals surface area contributed by atoms with Gasteiger partial charge in [0.1, 0.15) is 0 Å². The molecule has 0 amide bonds. The minimum Gasteiger partial charge on any atom is -0.481 e. The van der Waals surface area contributed by atoms with E-state index in [0.29, 0.717) is 5.75 Å². The molecule has 0 aliphatic rings. The second-order valence-electron chi connectivity index (χ2n) is 1.53. The maximum absolute atomic E-state index is 10.7. The van der Waals surface area contributed by atoms with Gasteiger partial charge in [-0.3, -0.25) is 9.59 Å². The highest BCUT2D eigenvalue weighted by Gasteiger charge is 2.04. The molecule has 0 aromatic rings. The zero-order chi connectivity index (χ0) is 8.69. The van der Waals surface area contributed by atoms with E-state index < -0.39 is 5.97 Å². The van der Waals surface area contributed by atoms with Gasteiger partial charge in [0.2, 0.25) is 4.45 Å². The van der Waals surface area contributed by atoms with Crippen molar-refractivity contribution in [3.8, 4) is 0 Å². The molecule has 11 heavy (non-hydrogen) atoms. The SMILES string of the molecule is C=CCSC(=O)SCC(=O)O. The number of hydrogen-bond acceptors (Lipinski definition) is 4. The average Bonchev–Trinajstić information content (AvgIpc) is 1.97. The summed E-state index contributed by atoms with van der Waals surface area (Å²) in [5.74, 6) is -0.600. The number of thioether (sulfide) groups is 2. The molecule has 0 bridgehead atoms. The van der Waals surface area contributed by atoms with Crippen molar-refractivity contribution in [1.82, 2.24) is 0 Å². The number of aliphatic carboxylic acids is 1. The molecule has 0 saturated heterocycles. The number of hydrogen-bond donors (Lipinski definition) is 1. The van der Waals surface area contributed by atoms with E-state index >= 15 is 0 Å². The predicted octanol–water partition coefficient (Wildman–Crippen LogP) is 1.84. The molecule has 5 heteroatoms. The van der Waals surface area contributed by atoms with Crippen LogP contribution in [0.25, 0.3) is 0 Å². The van der Waals surface area contributed by atoms with Crippen LogP contribution in [0.1, 0.15) is 0 Å². The first-order valence-electron chi connectivity index (χ1n) is 2.79. The Hall–Kier alpha value is -0.420. The molecule has 0 rings (SSSR count). The van der Waals surface area contributed by atoms with E-state index in [1.165, 1.54) is 0 Å². The van der Waals surface area contributed by atoms with Gasteiger partial charge in [0.05, 0.1) is 5.75 Å². The monoisotopic (exact) mass is 192 g/mol. The Morgan fingerprint density at radius 1 is 1.45 bits per heavy atom. The fourth-order valence-electron chi connectivity index (χ4n) is 0.289. The van der Waals surface area contributed by atoms with Gasteiger partial charge in [-0.1, -0.05) is 29.6 Å². The number of carboxylic acid groups (broad SMARTS) is 1. The lowest BCUT2D eigenvalue weighted by Gasteiger charge is -1.93. The van der Waals surface area contributed by atoms with Crippen molar-refractivity contribution in [2.45, 2.75) is 0 Å². The summed E-state index contributed by atoms with van der Waals surface area (Å²) < 4.78 is -0.174. The third-order valence-electron chi connectivity index (χ3n) is 0.633. The van der Waals surface area contributed by atoms with Gasteiger partial charge >= 0.3 is 5.97 Å². The van der Waals surface area contributed by atoms with Gasteiger partial charge in [-0.2, -0.15) is 0 Å². The predicted molar refractivity (Wildman–Crippen MR) is 48.1 cm³/mol. The van der Waals surface area contributed by atoms with Crippen molar-refractivity contribution in [1.29, 1.82) is 0 Å². The van der Waals surface area contributed by atoms with Gasteiger partial charge in [-0.05, 0) is 0 Å². The van der Waals surface area contributed by atoms with Crippen LogP contribution in [0.15, 0.2) is 12.7 Å². The largest absolute Gasteiger partial charge is 0.481 e. The van der Waals surface area contributed by atoms with Crippen LogP contribution in [0.5, 0.6) is 0 Å². The summed E-state index contributed by atoms with van der Waals surface area (Å²) in [4.78, 5) is 20.7. The second-order valence-corrected chi connectivity index (χ2v) is 3.73. The summed E-state index contributed by atoms with van der Waals surface area (Å²) in [5, 5.41) is 8.19. The molecular weight excluding hydrogens is 184 g/mol. The highest BCUT2D eigenvalue weighted by Crippen LogP contribution is 2.15. The quantitative estimate of drug-likeness (QED) is 0.689. The molecule has 0 spiro atoms. The molecule has 0 unspecified atom stereocenters. The molecule has 0 saturated carbocycles. The van der Waals surface area contributed by atoms with Crippen LogP contribution in [-0.4, -0.2) is 27.0 Å². The Morgan fingerprint density at radius 2 is 2.09 bits per heavy atom. The van der Waals surface area contributed by atoms with E-state index in [2.05, 4.69) is 6.58 Å². The molecule has 0 fully saturated rings. The number of carboxylic acids is 1. The van der Waals surface area contributed by atoms with Gasteiger partial charge in [-0.25, -0.2) is 0 Å². The summed E-state index contributed by atoms with van der Waals surface area (Å²) in [5.41, 5.74) is 0. The van der Waals surface area contributed by atoms with E-state index in [0.717, 1.165) is 23.5 Å². The van der Waals surface area contributed by atoms with Gasteiger partial charge < -0.3 is 5.11 Å². The van der Waals surface area contributed by atoms with E-state index in [1.54, 1.807) is 6.08 Å². The van der Waals surface area contributed by atoms with Crippen LogP contribution < -0.4 is 0 Å². The van der Waals surface area contributed by atoms with Crippen LogP contribution in [-0.2, 0) is 4.79 Å². The molecule has 0 aliphatic carbocycles. The van der Waals surface area contributed by atoms with Crippen molar-refractivity contribution in [2.75, 3.05) is 11.5 Å². The standard InChI is InChI=1S/C6H8O3S2/c1-2-3-10-6(9)11-4-5(7)8/h2H,1,3-4H2,(H,7,8). The fraction of sp³-hybridized carbons (Fsp3) is 0.333. The van der Waals surface area contributed by atoms with Crippen LogP contribution in [0.2, 0.25) is 0 Å². The molecule has 62 valence electrons. The van der Waals surface area contributed by atoms with Crippen molar-refractivity contribution >= 4 is 33.9 Å². The van der Waals surface area contributed by atoms with Crippen LogP contribution in [0.4, 0.5) is 4.79 Å². The van der Waals surface area contributed by atoms with Crippen LogP contribution >= 0.6 is 23.5 Å². The van der Waals surface area contributed by atoms with Crippen molar-refractivity contribution in [3.05, 3.63) is 12.7 Å². The Balaban J connectivity index is 3.37. The Kier molecular flexibility index (Phi) is 6.06. The summed E-state index contributed by atoms with van der Waals surface area (Å²) in [7, 11) is 0. The fourth-order valence-corrected chi connectivity index (χ4v) is 1.50. The van der Waals surface area contributed by atoms with Crippen molar-refractivity contribution < 1.29 is 14.7 Å². The lowest BCUT2D eigenvalue weighted by molar-refractivity contribution is -0.133. The van der Waals surface area contributed by atoms with E-state index in [-0.39, 0.29) is 10.2 Å². The summed E-state index contributed by atoms with van der Waals surface area (Å²) in [6, 6.07) is 0. The minimum absolute atomic E-state index is 0.164. The smallest absolute Gasteiger partial charge is 0.313 e. The first-order valence-corrected chi connectivity index (χ1v) is 4.76. The van der Waals surface area contributed by atoms with Crippen LogP contribution in [0.3, 0.4) is 0 Å². The molecular formula is C6H8O3S2. The maximum atomic E-state index is 10.7. The number of carbonyl (C=O) groups excluding carboxylic acids is 1. The highest BCUT2D eigenvalue weighted by molar-refractivity contribution is 8.38. The molecule has 0 aliphatic heterocycles. The normalized spacial score (nSPS) is 9.09. The molecule has 0 atom stereocenters. The van der Waals surface area contributed by atoms with Gasteiger partial charge in [0, 0.05) is 5.75 Å². The highest BCUT2D eigenvalue weighted by atomic mass is 32.2. The third kappa shape index (κ3) is 7.48. The topological polar surface area (TPSA) is 54.4 Å².